The van der Waals surface area contributed by atoms with E-state index in [1.165, 1.54) is 6.07 Å². The van der Waals surface area contributed by atoms with Gasteiger partial charge in [-0.1, -0.05) is 25.4 Å². The lowest BCUT2D eigenvalue weighted by atomic mass is 10.0. The summed E-state index contributed by atoms with van der Waals surface area (Å²) in [5.74, 6) is -2.60. The van der Waals surface area contributed by atoms with E-state index in [-0.39, 0.29) is 16.5 Å². The van der Waals surface area contributed by atoms with Crippen LogP contribution in [0.5, 0.6) is 0 Å². The van der Waals surface area contributed by atoms with Gasteiger partial charge in [0.2, 0.25) is 0 Å². The van der Waals surface area contributed by atoms with Crippen molar-refractivity contribution in [3.63, 3.8) is 0 Å². The number of amides is 1. The maximum atomic E-state index is 12.8. The number of carbonyl (C=O) groups excluding carboxylic acids is 1. The molecule has 0 aliphatic heterocycles. The first-order valence-electron chi connectivity index (χ1n) is 5.31. The zero-order chi connectivity index (χ0) is 13.9. The number of aliphatic carboxylic acids is 1. The van der Waals surface area contributed by atoms with E-state index in [1.54, 1.807) is 13.8 Å². The fourth-order valence-corrected chi connectivity index (χ4v) is 1.66. The molecule has 0 fully saturated rings. The molecule has 0 radical (unpaired) electrons. The van der Waals surface area contributed by atoms with Crippen molar-refractivity contribution >= 4 is 23.5 Å². The van der Waals surface area contributed by atoms with Crippen LogP contribution in [0.3, 0.4) is 0 Å². The zero-order valence-electron chi connectivity index (χ0n) is 9.91. The van der Waals surface area contributed by atoms with Crippen LogP contribution in [-0.4, -0.2) is 23.0 Å². The maximum Gasteiger partial charge on any atom is 0.326 e. The predicted octanol–water partition coefficient (Wildman–Crippen LogP) is 2.32. The van der Waals surface area contributed by atoms with Gasteiger partial charge in [-0.25, -0.2) is 9.18 Å². The van der Waals surface area contributed by atoms with Crippen molar-refractivity contribution in [1.29, 1.82) is 0 Å². The average molecular weight is 274 g/mol. The second-order valence-corrected chi connectivity index (χ2v) is 4.56. The van der Waals surface area contributed by atoms with E-state index in [0.717, 1.165) is 12.1 Å². The highest BCUT2D eigenvalue weighted by Crippen LogP contribution is 2.17. The Kier molecular flexibility index (Phi) is 4.67. The Morgan fingerprint density at radius 3 is 2.44 bits per heavy atom. The minimum Gasteiger partial charge on any atom is -0.480 e. The molecule has 1 atom stereocenters. The standard InChI is InChI=1S/C12H13ClFNO3/c1-6(2)10(12(17)18)15-11(16)8-4-3-7(14)5-9(8)13/h3-6,10H,1-2H3,(H,15,16)(H,17,18)/t10-/m1/s1. The first kappa shape index (κ1) is 14.4. The van der Waals surface area contributed by atoms with E-state index in [1.807, 2.05) is 0 Å². The highest BCUT2D eigenvalue weighted by atomic mass is 35.5. The molecule has 0 aliphatic rings. The number of carboxylic acids is 1. The Labute approximate surface area is 109 Å². The number of hydrogen-bond donors (Lipinski definition) is 2. The van der Waals surface area contributed by atoms with Gasteiger partial charge in [0.25, 0.3) is 5.91 Å². The van der Waals surface area contributed by atoms with Crippen LogP contribution in [0.25, 0.3) is 0 Å². The van der Waals surface area contributed by atoms with Gasteiger partial charge >= 0.3 is 5.97 Å². The Hall–Kier alpha value is -1.62. The largest absolute Gasteiger partial charge is 0.480 e. The molecule has 0 aromatic heterocycles. The molecule has 0 heterocycles. The minimum absolute atomic E-state index is 0.0463. The van der Waals surface area contributed by atoms with Gasteiger partial charge in [0, 0.05) is 0 Å². The molecule has 1 aromatic rings. The zero-order valence-corrected chi connectivity index (χ0v) is 10.7. The molecule has 1 rings (SSSR count). The Morgan fingerprint density at radius 1 is 1.39 bits per heavy atom. The van der Waals surface area contributed by atoms with Gasteiger partial charge < -0.3 is 10.4 Å². The second kappa shape index (κ2) is 5.82. The van der Waals surface area contributed by atoms with Gasteiger partial charge in [-0.2, -0.15) is 0 Å². The SMILES string of the molecule is CC(C)[C@@H](NC(=O)c1ccc(F)cc1Cl)C(=O)O. The molecule has 0 saturated carbocycles. The lowest BCUT2D eigenvalue weighted by Crippen LogP contribution is -2.44. The highest BCUT2D eigenvalue weighted by Gasteiger charge is 2.24. The Balaban J connectivity index is 2.91. The molecular formula is C12H13ClFNO3. The van der Waals surface area contributed by atoms with Crippen molar-refractivity contribution in [3.05, 3.63) is 34.6 Å². The van der Waals surface area contributed by atoms with Crippen LogP contribution >= 0.6 is 11.6 Å². The number of hydrogen-bond acceptors (Lipinski definition) is 2. The lowest BCUT2D eigenvalue weighted by molar-refractivity contribution is -0.140. The normalized spacial score (nSPS) is 12.3. The quantitative estimate of drug-likeness (QED) is 0.885. The van der Waals surface area contributed by atoms with Gasteiger partial charge in [-0.3, -0.25) is 4.79 Å². The van der Waals surface area contributed by atoms with E-state index in [0.29, 0.717) is 0 Å². The number of rotatable bonds is 4. The number of nitrogens with one attached hydrogen (secondary N) is 1. The summed E-state index contributed by atoms with van der Waals surface area (Å²) in [5.41, 5.74) is 0.0463. The third-order valence-corrected chi connectivity index (χ3v) is 2.71. The van der Waals surface area contributed by atoms with Crippen LogP contribution in [0.1, 0.15) is 24.2 Å². The van der Waals surface area contributed by atoms with Crippen LogP contribution in [0.4, 0.5) is 4.39 Å². The summed E-state index contributed by atoms with van der Waals surface area (Å²) in [6.07, 6.45) is 0. The molecule has 0 saturated heterocycles. The van der Waals surface area contributed by atoms with Gasteiger partial charge in [0.15, 0.2) is 0 Å². The van der Waals surface area contributed by atoms with E-state index in [2.05, 4.69) is 5.32 Å². The molecule has 0 unspecified atom stereocenters. The van der Waals surface area contributed by atoms with Gasteiger partial charge in [-0.15, -0.1) is 0 Å². The summed E-state index contributed by atoms with van der Waals surface area (Å²) in [5, 5.41) is 11.2. The Bertz CT molecular complexity index is 476. The van der Waals surface area contributed by atoms with E-state index < -0.39 is 23.7 Å². The van der Waals surface area contributed by atoms with E-state index in [9.17, 15) is 14.0 Å². The molecule has 6 heteroatoms. The second-order valence-electron chi connectivity index (χ2n) is 4.16. The van der Waals surface area contributed by atoms with Crippen molar-refractivity contribution in [2.45, 2.75) is 19.9 Å². The Morgan fingerprint density at radius 2 is 2.00 bits per heavy atom. The van der Waals surface area contributed by atoms with Crippen LogP contribution < -0.4 is 5.32 Å². The fraction of sp³-hybridized carbons (Fsp3) is 0.333. The van der Waals surface area contributed by atoms with Crippen LogP contribution in [0.2, 0.25) is 5.02 Å². The molecular weight excluding hydrogens is 261 g/mol. The lowest BCUT2D eigenvalue weighted by Gasteiger charge is -2.18. The third kappa shape index (κ3) is 3.43. The smallest absolute Gasteiger partial charge is 0.326 e. The molecule has 1 aromatic carbocycles. The molecule has 2 N–H and O–H groups in total. The van der Waals surface area contributed by atoms with Crippen LogP contribution in [0.15, 0.2) is 18.2 Å². The fourth-order valence-electron chi connectivity index (χ4n) is 1.41. The third-order valence-electron chi connectivity index (χ3n) is 2.40. The monoisotopic (exact) mass is 273 g/mol. The van der Waals surface area contributed by atoms with Crippen molar-refractivity contribution < 1.29 is 19.1 Å². The van der Waals surface area contributed by atoms with E-state index >= 15 is 0 Å². The number of carboxylic acid groups (broad SMARTS) is 1. The molecule has 1 amide bonds. The molecule has 0 spiro atoms. The minimum atomic E-state index is -1.13. The number of halogens is 2. The van der Waals surface area contributed by atoms with Crippen molar-refractivity contribution in [1.82, 2.24) is 5.32 Å². The van der Waals surface area contributed by atoms with Crippen molar-refractivity contribution in [3.8, 4) is 0 Å². The van der Waals surface area contributed by atoms with Crippen LogP contribution in [-0.2, 0) is 4.79 Å². The molecule has 0 aliphatic carbocycles. The summed E-state index contributed by atoms with van der Waals surface area (Å²) in [6, 6.07) is 2.29. The predicted molar refractivity (Wildman–Crippen MR) is 65.1 cm³/mol. The number of benzene rings is 1. The maximum absolute atomic E-state index is 12.8. The number of carbonyl (C=O) groups is 2. The summed E-state index contributed by atoms with van der Waals surface area (Å²) < 4.78 is 12.8. The van der Waals surface area contributed by atoms with Crippen molar-refractivity contribution in [2.75, 3.05) is 0 Å². The first-order chi connectivity index (χ1) is 8.32. The summed E-state index contributed by atoms with van der Waals surface area (Å²) in [4.78, 5) is 22.8. The summed E-state index contributed by atoms with van der Waals surface area (Å²) in [6.45, 7) is 3.34. The topological polar surface area (TPSA) is 66.4 Å². The van der Waals surface area contributed by atoms with Gasteiger partial charge in [0.1, 0.15) is 11.9 Å². The molecule has 98 valence electrons. The molecule has 0 bridgehead atoms. The molecule has 18 heavy (non-hydrogen) atoms. The van der Waals surface area contributed by atoms with Gasteiger partial charge in [0.05, 0.1) is 10.6 Å². The molecule has 4 nitrogen and oxygen atoms in total. The van der Waals surface area contributed by atoms with Crippen molar-refractivity contribution in [2.24, 2.45) is 5.92 Å². The first-order valence-corrected chi connectivity index (χ1v) is 5.69. The van der Waals surface area contributed by atoms with E-state index in [4.69, 9.17) is 16.7 Å². The summed E-state index contributed by atoms with van der Waals surface area (Å²) in [7, 11) is 0. The highest BCUT2D eigenvalue weighted by molar-refractivity contribution is 6.33. The average Bonchev–Trinajstić information content (AvgIpc) is 2.24. The van der Waals surface area contributed by atoms with Crippen LogP contribution in [0, 0.1) is 11.7 Å². The summed E-state index contributed by atoms with van der Waals surface area (Å²) >= 11 is 5.72. The van der Waals surface area contributed by atoms with Gasteiger partial charge in [-0.05, 0) is 24.1 Å².